The molecule has 100 valence electrons. The Morgan fingerprint density at radius 3 is 2.95 bits per heavy atom. The fourth-order valence-electron chi connectivity index (χ4n) is 2.96. The van der Waals surface area contributed by atoms with Gasteiger partial charge in [0.1, 0.15) is 11.7 Å². The minimum atomic E-state index is -0.290. The number of hydrogen-bond acceptors (Lipinski definition) is 4. The third kappa shape index (κ3) is 2.20. The minimum Gasteiger partial charge on any atom is -0.468 e. The molecule has 5 heteroatoms. The van der Waals surface area contributed by atoms with Crippen LogP contribution in [0.5, 0.6) is 0 Å². The molecule has 2 aromatic rings. The molecule has 1 atom stereocenters. The first-order valence-electron chi connectivity index (χ1n) is 6.68. The summed E-state index contributed by atoms with van der Waals surface area (Å²) in [7, 11) is 1.44. The number of H-pyrrole nitrogens is 1. The number of nitrogens with one attached hydrogen (secondary N) is 1. The summed E-state index contributed by atoms with van der Waals surface area (Å²) in [6, 6.07) is 3.77. The number of fused-ring (bicyclic) bond motifs is 1. The molecule has 0 saturated heterocycles. The van der Waals surface area contributed by atoms with Crippen molar-refractivity contribution in [2.75, 3.05) is 7.11 Å². The fourth-order valence-corrected chi connectivity index (χ4v) is 2.96. The second kappa shape index (κ2) is 4.99. The smallest absolute Gasteiger partial charge is 0.316 e. The Balaban J connectivity index is 2.00. The largest absolute Gasteiger partial charge is 0.468 e. The Morgan fingerprint density at radius 2 is 2.26 bits per heavy atom. The summed E-state index contributed by atoms with van der Waals surface area (Å²) in [6.45, 7) is 0. The molecule has 1 fully saturated rings. The Labute approximate surface area is 111 Å². The normalized spacial score (nSPS) is 17.7. The van der Waals surface area contributed by atoms with Gasteiger partial charge in [-0.25, -0.2) is 9.97 Å². The van der Waals surface area contributed by atoms with Crippen LogP contribution >= 0.6 is 0 Å². The van der Waals surface area contributed by atoms with Crippen LogP contribution in [0, 0.1) is 5.92 Å². The van der Waals surface area contributed by atoms with E-state index in [4.69, 9.17) is 4.74 Å². The highest BCUT2D eigenvalue weighted by Crippen LogP contribution is 2.37. The van der Waals surface area contributed by atoms with Crippen LogP contribution in [-0.4, -0.2) is 28.0 Å². The lowest BCUT2D eigenvalue weighted by molar-refractivity contribution is -0.144. The summed E-state index contributed by atoms with van der Waals surface area (Å²) >= 11 is 0. The molecule has 0 radical (unpaired) electrons. The molecule has 0 spiro atoms. The molecule has 0 aliphatic heterocycles. The number of ether oxygens (including phenoxy) is 1. The lowest BCUT2D eigenvalue weighted by Crippen LogP contribution is -2.22. The summed E-state index contributed by atoms with van der Waals surface area (Å²) in [4.78, 5) is 23.9. The first-order valence-corrected chi connectivity index (χ1v) is 6.68. The summed E-state index contributed by atoms with van der Waals surface area (Å²) < 4.78 is 4.96. The van der Waals surface area contributed by atoms with E-state index in [1.165, 1.54) is 20.0 Å². The van der Waals surface area contributed by atoms with Gasteiger partial charge in [0.2, 0.25) is 0 Å². The van der Waals surface area contributed by atoms with Crippen LogP contribution in [0.15, 0.2) is 18.3 Å². The Bertz CT molecular complexity index is 554. The topological polar surface area (TPSA) is 67.9 Å². The lowest BCUT2D eigenvalue weighted by atomic mass is 9.90. The van der Waals surface area contributed by atoms with E-state index in [0.29, 0.717) is 17.4 Å². The van der Waals surface area contributed by atoms with Gasteiger partial charge >= 0.3 is 5.97 Å². The molecular weight excluding hydrogens is 242 g/mol. The average Bonchev–Trinajstić information content (AvgIpc) is 3.07. The van der Waals surface area contributed by atoms with Gasteiger partial charge in [-0.2, -0.15) is 0 Å². The van der Waals surface area contributed by atoms with Crippen molar-refractivity contribution in [1.82, 2.24) is 15.0 Å². The van der Waals surface area contributed by atoms with Crippen LogP contribution in [0.1, 0.15) is 37.4 Å². The summed E-state index contributed by atoms with van der Waals surface area (Å²) in [5.41, 5.74) is 1.52. The number of carbonyl (C=O) groups excluding carboxylic acids is 1. The van der Waals surface area contributed by atoms with Crippen molar-refractivity contribution in [3.63, 3.8) is 0 Å². The van der Waals surface area contributed by atoms with Crippen molar-refractivity contribution in [2.45, 2.75) is 31.6 Å². The first kappa shape index (κ1) is 12.1. The number of methoxy groups -OCH3 is 1. The van der Waals surface area contributed by atoms with Crippen molar-refractivity contribution in [3.05, 3.63) is 24.2 Å². The molecule has 0 bridgehead atoms. The second-order valence-electron chi connectivity index (χ2n) is 5.04. The van der Waals surface area contributed by atoms with Crippen molar-refractivity contribution < 1.29 is 9.53 Å². The number of pyridine rings is 1. The molecule has 5 nitrogen and oxygen atoms in total. The highest BCUT2D eigenvalue weighted by molar-refractivity contribution is 5.79. The van der Waals surface area contributed by atoms with Crippen molar-refractivity contribution in [3.8, 4) is 0 Å². The van der Waals surface area contributed by atoms with Gasteiger partial charge in [0.05, 0.1) is 12.6 Å². The van der Waals surface area contributed by atoms with Gasteiger partial charge in [0.25, 0.3) is 0 Å². The third-order valence-electron chi connectivity index (χ3n) is 3.90. The summed E-state index contributed by atoms with van der Waals surface area (Å²) in [6.07, 6.45) is 6.18. The molecule has 1 aliphatic carbocycles. The van der Waals surface area contributed by atoms with Gasteiger partial charge in [-0.1, -0.05) is 12.8 Å². The van der Waals surface area contributed by atoms with Crippen molar-refractivity contribution in [2.24, 2.45) is 5.92 Å². The number of aromatic amines is 1. The Hall–Kier alpha value is -1.91. The maximum Gasteiger partial charge on any atom is 0.316 e. The summed E-state index contributed by atoms with van der Waals surface area (Å²) in [5.74, 6) is 0.521. The van der Waals surface area contributed by atoms with E-state index >= 15 is 0 Å². The molecule has 3 rings (SSSR count). The molecule has 1 N–H and O–H groups in total. The standard InChI is InChI=1S/C14H17N3O2/c1-19-14(18)11(9-5-2-3-6-9)13-16-10-7-4-8-15-12(10)17-13/h4,7-9,11H,2-3,5-6H2,1H3,(H,15,16,17). The molecule has 0 amide bonds. The van der Waals surface area contributed by atoms with Crippen LogP contribution in [0.2, 0.25) is 0 Å². The zero-order valence-electron chi connectivity index (χ0n) is 10.9. The molecular formula is C14H17N3O2. The van der Waals surface area contributed by atoms with Crippen LogP contribution in [0.4, 0.5) is 0 Å². The molecule has 2 aromatic heterocycles. The third-order valence-corrected chi connectivity index (χ3v) is 3.90. The second-order valence-corrected chi connectivity index (χ2v) is 5.04. The summed E-state index contributed by atoms with van der Waals surface area (Å²) in [5, 5.41) is 0. The zero-order valence-corrected chi connectivity index (χ0v) is 10.9. The molecule has 2 heterocycles. The maximum atomic E-state index is 12.1. The lowest BCUT2D eigenvalue weighted by Gasteiger charge is -2.18. The van der Waals surface area contributed by atoms with Crippen molar-refractivity contribution in [1.29, 1.82) is 0 Å². The highest BCUT2D eigenvalue weighted by Gasteiger charge is 2.35. The number of nitrogens with zero attached hydrogens (tertiary/aromatic N) is 2. The number of aromatic nitrogens is 3. The molecule has 0 aromatic carbocycles. The quantitative estimate of drug-likeness (QED) is 0.859. The first-order chi connectivity index (χ1) is 9.29. The maximum absolute atomic E-state index is 12.1. The SMILES string of the molecule is COC(=O)C(c1nc2ncccc2[nH]1)C1CCCC1. The predicted octanol–water partition coefficient (Wildman–Crippen LogP) is 2.40. The fraction of sp³-hybridized carbons (Fsp3) is 0.500. The Morgan fingerprint density at radius 1 is 1.47 bits per heavy atom. The molecule has 19 heavy (non-hydrogen) atoms. The van der Waals surface area contributed by atoms with Gasteiger partial charge in [-0.15, -0.1) is 0 Å². The average molecular weight is 259 g/mol. The number of esters is 1. The van der Waals surface area contributed by atoms with E-state index in [1.54, 1.807) is 6.20 Å². The molecule has 1 unspecified atom stereocenters. The predicted molar refractivity (Wildman–Crippen MR) is 70.6 cm³/mol. The number of hydrogen-bond donors (Lipinski definition) is 1. The van der Waals surface area contributed by atoms with E-state index in [0.717, 1.165) is 18.4 Å². The number of imidazole rings is 1. The van der Waals surface area contributed by atoms with Crippen LogP contribution in [-0.2, 0) is 9.53 Å². The van der Waals surface area contributed by atoms with Gasteiger partial charge in [0, 0.05) is 6.20 Å². The molecule has 1 aliphatic rings. The van der Waals surface area contributed by atoms with Gasteiger partial charge < -0.3 is 9.72 Å². The van der Waals surface area contributed by atoms with E-state index in [2.05, 4.69) is 15.0 Å². The van der Waals surface area contributed by atoms with E-state index in [-0.39, 0.29) is 11.9 Å². The van der Waals surface area contributed by atoms with Gasteiger partial charge in [-0.3, -0.25) is 4.79 Å². The Kier molecular flexibility index (Phi) is 3.19. The van der Waals surface area contributed by atoms with E-state index < -0.39 is 0 Å². The van der Waals surface area contributed by atoms with Crippen LogP contribution in [0.25, 0.3) is 11.2 Å². The van der Waals surface area contributed by atoms with Crippen LogP contribution < -0.4 is 0 Å². The zero-order chi connectivity index (χ0) is 13.2. The monoisotopic (exact) mass is 259 g/mol. The number of carbonyl (C=O) groups is 1. The van der Waals surface area contributed by atoms with Gasteiger partial charge in [-0.05, 0) is 30.9 Å². The number of rotatable bonds is 3. The molecule has 1 saturated carbocycles. The van der Waals surface area contributed by atoms with Crippen LogP contribution in [0.3, 0.4) is 0 Å². The van der Waals surface area contributed by atoms with Crippen molar-refractivity contribution >= 4 is 17.1 Å². The van der Waals surface area contributed by atoms with E-state index in [9.17, 15) is 4.79 Å². The minimum absolute atomic E-state index is 0.203. The van der Waals surface area contributed by atoms with E-state index in [1.807, 2.05) is 12.1 Å². The highest BCUT2D eigenvalue weighted by atomic mass is 16.5. The van der Waals surface area contributed by atoms with Gasteiger partial charge in [0.15, 0.2) is 5.65 Å².